The van der Waals surface area contributed by atoms with E-state index < -0.39 is 0 Å². The molecule has 0 saturated carbocycles. The van der Waals surface area contributed by atoms with E-state index >= 15 is 0 Å². The number of aromatic nitrogens is 1. The van der Waals surface area contributed by atoms with Crippen molar-refractivity contribution in [3.8, 4) is 11.5 Å². The summed E-state index contributed by atoms with van der Waals surface area (Å²) < 4.78 is 5.30. The predicted molar refractivity (Wildman–Crippen MR) is 83.2 cm³/mol. The van der Waals surface area contributed by atoms with Crippen LogP contribution in [0.3, 0.4) is 0 Å². The van der Waals surface area contributed by atoms with Crippen molar-refractivity contribution in [2.24, 2.45) is 0 Å². The van der Waals surface area contributed by atoms with Crippen molar-refractivity contribution in [2.45, 2.75) is 6.92 Å². The normalized spacial score (nSPS) is 10.6. The maximum atomic E-state index is 9.57. The van der Waals surface area contributed by atoms with Gasteiger partial charge in [-0.15, -0.1) is 0 Å². The molecule has 3 rings (SSSR count). The number of benzene rings is 2. The van der Waals surface area contributed by atoms with Gasteiger partial charge in [0.05, 0.1) is 18.2 Å². The molecule has 0 fully saturated rings. The lowest BCUT2D eigenvalue weighted by Crippen LogP contribution is -2.10. The highest BCUT2D eigenvalue weighted by Crippen LogP contribution is 2.28. The van der Waals surface area contributed by atoms with Crippen LogP contribution in [0, 0.1) is 6.92 Å². The molecule has 0 bridgehead atoms. The molecule has 1 heterocycles. The number of nitrogens with one attached hydrogen (secondary N) is 2. The molecular weight excluding hydrogens is 264 g/mol. The lowest BCUT2D eigenvalue weighted by Gasteiger charge is -2.09. The van der Waals surface area contributed by atoms with E-state index in [0.717, 1.165) is 33.7 Å². The number of aromatic amines is 1. The summed E-state index contributed by atoms with van der Waals surface area (Å²) in [6, 6.07) is 15.0. The van der Waals surface area contributed by atoms with Crippen LogP contribution in [0.25, 0.3) is 10.9 Å². The highest BCUT2D eigenvalue weighted by molar-refractivity contribution is 5.92. The Balaban J connectivity index is 2.11. The number of pyridine rings is 1. The van der Waals surface area contributed by atoms with E-state index in [-0.39, 0.29) is 5.75 Å². The Morgan fingerprint density at radius 1 is 1.10 bits per heavy atom. The summed E-state index contributed by atoms with van der Waals surface area (Å²) >= 11 is 0. The number of anilines is 2. The fourth-order valence-electron chi connectivity index (χ4n) is 2.37. The first-order valence-corrected chi connectivity index (χ1v) is 6.72. The third-order valence-electron chi connectivity index (χ3n) is 3.33. The summed E-state index contributed by atoms with van der Waals surface area (Å²) in [7, 11) is 1.65. The minimum atomic E-state index is 0.237. The molecule has 4 nitrogen and oxygen atoms in total. The second kappa shape index (κ2) is 5.32. The Morgan fingerprint density at radius 3 is 2.71 bits per heavy atom. The number of phenols is 1. The van der Waals surface area contributed by atoms with Gasteiger partial charge in [-0.1, -0.05) is 6.07 Å². The van der Waals surface area contributed by atoms with E-state index in [0.29, 0.717) is 0 Å². The number of fused-ring (bicyclic) bond motifs is 1. The molecule has 3 N–H and O–H groups in total. The summed E-state index contributed by atoms with van der Waals surface area (Å²) in [5, 5.41) is 14.0. The first-order chi connectivity index (χ1) is 10.2. The number of methoxy groups -OCH3 is 1. The number of aromatic hydroxyl groups is 1. The van der Waals surface area contributed by atoms with Crippen molar-refractivity contribution < 1.29 is 14.8 Å². The fraction of sp³-hybridized carbons (Fsp3) is 0.118. The molecule has 4 heteroatoms. The zero-order valence-corrected chi connectivity index (χ0v) is 12.0. The minimum Gasteiger partial charge on any atom is -0.508 e. The van der Waals surface area contributed by atoms with Crippen molar-refractivity contribution in [3.05, 3.63) is 54.2 Å². The molecule has 106 valence electrons. The summed E-state index contributed by atoms with van der Waals surface area (Å²) in [5.41, 5.74) is 3.88. The Bertz CT molecular complexity index is 800. The molecule has 0 unspecified atom stereocenters. The van der Waals surface area contributed by atoms with Crippen LogP contribution in [0.4, 0.5) is 11.4 Å². The Labute approximate surface area is 123 Å². The van der Waals surface area contributed by atoms with Crippen molar-refractivity contribution >= 4 is 22.3 Å². The van der Waals surface area contributed by atoms with Crippen LogP contribution in [0.15, 0.2) is 48.5 Å². The second-order valence-electron chi connectivity index (χ2n) is 4.95. The summed E-state index contributed by atoms with van der Waals surface area (Å²) in [5.74, 6) is 1.04. The van der Waals surface area contributed by atoms with Gasteiger partial charge in [-0.2, -0.15) is 0 Å². The van der Waals surface area contributed by atoms with Gasteiger partial charge in [0, 0.05) is 30.8 Å². The van der Waals surface area contributed by atoms with Crippen molar-refractivity contribution in [1.82, 2.24) is 0 Å². The molecule has 3 aromatic rings. The lowest BCUT2D eigenvalue weighted by atomic mass is 10.1. The first kappa shape index (κ1) is 13.2. The SMILES string of the molecule is COc1ccc2[nH+]c(C)cc(Nc3cccc(O)c3)c2c1. The van der Waals surface area contributed by atoms with E-state index in [9.17, 15) is 5.11 Å². The van der Waals surface area contributed by atoms with E-state index in [2.05, 4.69) is 10.3 Å². The summed E-state index contributed by atoms with van der Waals surface area (Å²) in [4.78, 5) is 3.33. The monoisotopic (exact) mass is 281 g/mol. The number of rotatable bonds is 3. The van der Waals surface area contributed by atoms with Gasteiger partial charge in [0.2, 0.25) is 5.52 Å². The largest absolute Gasteiger partial charge is 0.508 e. The van der Waals surface area contributed by atoms with Gasteiger partial charge >= 0.3 is 0 Å². The summed E-state index contributed by atoms with van der Waals surface area (Å²) in [6.07, 6.45) is 0. The Hall–Kier alpha value is -2.75. The molecular formula is C17H17N2O2+. The molecule has 21 heavy (non-hydrogen) atoms. The maximum absolute atomic E-state index is 9.57. The van der Waals surface area contributed by atoms with Crippen LogP contribution in [0.5, 0.6) is 11.5 Å². The van der Waals surface area contributed by atoms with Crippen LogP contribution >= 0.6 is 0 Å². The van der Waals surface area contributed by atoms with Crippen LogP contribution in [0.2, 0.25) is 0 Å². The molecule has 0 saturated heterocycles. The number of H-pyrrole nitrogens is 1. The molecule has 1 aromatic heterocycles. The third-order valence-corrected chi connectivity index (χ3v) is 3.33. The van der Waals surface area contributed by atoms with Gasteiger partial charge in [0.15, 0.2) is 5.69 Å². The number of phenolic OH excluding ortho intramolecular Hbond substituents is 1. The first-order valence-electron chi connectivity index (χ1n) is 6.72. The molecule has 0 aliphatic rings. The molecule has 0 radical (unpaired) electrons. The maximum Gasteiger partial charge on any atom is 0.213 e. The number of hydrogen-bond donors (Lipinski definition) is 2. The predicted octanol–water partition coefficient (Wildman–Crippen LogP) is 3.42. The number of aryl methyl sites for hydroxylation is 1. The second-order valence-corrected chi connectivity index (χ2v) is 4.95. The standard InChI is InChI=1S/C17H16N2O2/c1-11-8-17(19-12-4-3-5-13(20)9-12)15-10-14(21-2)6-7-16(15)18-11/h3-10,20H,1-2H3,(H,18,19)/p+1. The number of ether oxygens (including phenoxy) is 1. The molecule has 2 aromatic carbocycles. The zero-order valence-electron chi connectivity index (χ0n) is 12.0. The molecule has 0 atom stereocenters. The Kier molecular flexibility index (Phi) is 3.36. The zero-order chi connectivity index (χ0) is 14.8. The highest BCUT2D eigenvalue weighted by atomic mass is 16.5. The van der Waals surface area contributed by atoms with Gasteiger partial charge in [-0.05, 0) is 24.3 Å². The average molecular weight is 281 g/mol. The molecule has 0 aliphatic heterocycles. The Morgan fingerprint density at radius 2 is 1.95 bits per heavy atom. The quantitative estimate of drug-likeness (QED) is 0.773. The van der Waals surface area contributed by atoms with Gasteiger partial charge in [0.1, 0.15) is 11.5 Å². The minimum absolute atomic E-state index is 0.237. The lowest BCUT2D eigenvalue weighted by molar-refractivity contribution is -0.354. The van der Waals surface area contributed by atoms with Gasteiger partial charge in [-0.3, -0.25) is 0 Å². The van der Waals surface area contributed by atoms with E-state index in [4.69, 9.17) is 4.74 Å². The van der Waals surface area contributed by atoms with Crippen molar-refractivity contribution in [1.29, 1.82) is 0 Å². The summed E-state index contributed by atoms with van der Waals surface area (Å²) in [6.45, 7) is 2.01. The number of hydrogen-bond acceptors (Lipinski definition) is 3. The third kappa shape index (κ3) is 2.74. The van der Waals surface area contributed by atoms with Crippen LogP contribution in [-0.2, 0) is 0 Å². The van der Waals surface area contributed by atoms with Gasteiger partial charge in [0.25, 0.3) is 0 Å². The smallest absolute Gasteiger partial charge is 0.213 e. The highest BCUT2D eigenvalue weighted by Gasteiger charge is 2.11. The van der Waals surface area contributed by atoms with Crippen LogP contribution in [0.1, 0.15) is 5.69 Å². The molecule has 0 amide bonds. The molecule has 0 aliphatic carbocycles. The topological polar surface area (TPSA) is 55.6 Å². The van der Waals surface area contributed by atoms with E-state index in [1.54, 1.807) is 19.2 Å². The van der Waals surface area contributed by atoms with Crippen LogP contribution < -0.4 is 15.0 Å². The van der Waals surface area contributed by atoms with Gasteiger partial charge < -0.3 is 15.2 Å². The van der Waals surface area contributed by atoms with Crippen LogP contribution in [-0.4, -0.2) is 12.2 Å². The average Bonchev–Trinajstić information content (AvgIpc) is 2.47. The fourth-order valence-corrected chi connectivity index (χ4v) is 2.37. The molecule has 0 spiro atoms. The van der Waals surface area contributed by atoms with E-state index in [1.165, 1.54) is 0 Å². The van der Waals surface area contributed by atoms with E-state index in [1.807, 2.05) is 43.3 Å². The van der Waals surface area contributed by atoms with Crippen molar-refractivity contribution in [2.75, 3.05) is 12.4 Å². The van der Waals surface area contributed by atoms with Gasteiger partial charge in [-0.25, -0.2) is 4.98 Å². The van der Waals surface area contributed by atoms with Crippen molar-refractivity contribution in [3.63, 3.8) is 0 Å².